The molecule has 1 heterocycles. The Balaban J connectivity index is 2.70. The zero-order valence-electron chi connectivity index (χ0n) is 6.86. The molecule has 0 amide bonds. The van der Waals surface area contributed by atoms with Crippen LogP contribution in [-0.4, -0.2) is 30.5 Å². The van der Waals surface area contributed by atoms with Gasteiger partial charge in [-0.2, -0.15) is 0 Å². The van der Waals surface area contributed by atoms with Gasteiger partial charge in [-0.1, -0.05) is 13.3 Å². The lowest BCUT2D eigenvalue weighted by Gasteiger charge is -2.32. The third-order valence-electron chi connectivity index (χ3n) is 2.21. The van der Waals surface area contributed by atoms with Gasteiger partial charge in [-0.3, -0.25) is 4.79 Å². The second-order valence-corrected chi connectivity index (χ2v) is 5.37. The average Bonchev–Trinajstić information content (AvgIpc) is 1.96. The maximum Gasteiger partial charge on any atom is 0.308 e. The predicted octanol–water partition coefficient (Wildman–Crippen LogP) is 0.284. The highest BCUT2D eigenvalue weighted by Gasteiger charge is 2.49. The number of hydrogen-bond donors (Lipinski definition) is 1. The van der Waals surface area contributed by atoms with E-state index in [1.54, 1.807) is 0 Å². The van der Waals surface area contributed by atoms with Crippen molar-refractivity contribution in [1.82, 2.24) is 0 Å². The van der Waals surface area contributed by atoms with E-state index in [-0.39, 0.29) is 5.75 Å². The van der Waals surface area contributed by atoms with Crippen molar-refractivity contribution >= 4 is 15.8 Å². The fourth-order valence-corrected chi connectivity index (χ4v) is 3.58. The summed E-state index contributed by atoms with van der Waals surface area (Å²) in [6.07, 6.45) is 1.19. The van der Waals surface area contributed by atoms with Gasteiger partial charge in [-0.25, -0.2) is 8.42 Å². The average molecular weight is 192 g/mol. The van der Waals surface area contributed by atoms with E-state index >= 15 is 0 Å². The summed E-state index contributed by atoms with van der Waals surface area (Å²) in [6, 6.07) is 0. The Hall–Kier alpha value is -0.580. The van der Waals surface area contributed by atoms with E-state index in [0.717, 1.165) is 0 Å². The van der Waals surface area contributed by atoms with Gasteiger partial charge in [0.1, 0.15) is 0 Å². The first kappa shape index (κ1) is 9.51. The number of aliphatic carboxylic acids is 1. The molecule has 0 aromatic rings. The molecule has 5 heteroatoms. The van der Waals surface area contributed by atoms with E-state index in [1.165, 1.54) is 0 Å². The van der Waals surface area contributed by atoms with E-state index in [9.17, 15) is 13.2 Å². The van der Waals surface area contributed by atoms with Crippen LogP contribution in [0.15, 0.2) is 0 Å². The molecule has 1 aliphatic heterocycles. The van der Waals surface area contributed by atoms with E-state index in [1.807, 2.05) is 6.92 Å². The molecule has 1 saturated heterocycles. The number of hydrogen-bond acceptors (Lipinski definition) is 3. The number of carboxylic acids is 1. The summed E-state index contributed by atoms with van der Waals surface area (Å²) >= 11 is 0. The molecular weight excluding hydrogens is 180 g/mol. The Morgan fingerprint density at radius 3 is 2.50 bits per heavy atom. The lowest BCUT2D eigenvalue weighted by atomic mass is 10.0. The highest BCUT2D eigenvalue weighted by molar-refractivity contribution is 7.93. The van der Waals surface area contributed by atoms with Crippen molar-refractivity contribution in [3.05, 3.63) is 0 Å². The molecule has 12 heavy (non-hydrogen) atoms. The minimum atomic E-state index is -3.06. The maximum absolute atomic E-state index is 11.1. The Kier molecular flexibility index (Phi) is 2.41. The third kappa shape index (κ3) is 1.46. The number of sulfone groups is 1. The molecular formula is C7H12O4S. The Bertz CT molecular complexity index is 280. The van der Waals surface area contributed by atoms with Gasteiger partial charge in [0.2, 0.25) is 0 Å². The van der Waals surface area contributed by atoms with Gasteiger partial charge in [0, 0.05) is 0 Å². The molecule has 0 spiro atoms. The van der Waals surface area contributed by atoms with Crippen molar-refractivity contribution in [1.29, 1.82) is 0 Å². The molecule has 0 aliphatic carbocycles. The first-order valence-electron chi connectivity index (χ1n) is 3.93. The molecule has 0 aromatic carbocycles. The second kappa shape index (κ2) is 3.05. The van der Waals surface area contributed by atoms with E-state index in [2.05, 4.69) is 0 Å². The molecule has 0 saturated carbocycles. The highest BCUT2D eigenvalue weighted by Crippen LogP contribution is 2.31. The van der Waals surface area contributed by atoms with Crippen molar-refractivity contribution in [2.75, 3.05) is 5.75 Å². The second-order valence-electron chi connectivity index (χ2n) is 3.10. The molecule has 70 valence electrons. The van der Waals surface area contributed by atoms with E-state index in [0.29, 0.717) is 12.8 Å². The van der Waals surface area contributed by atoms with Crippen LogP contribution < -0.4 is 0 Å². The van der Waals surface area contributed by atoms with Gasteiger partial charge < -0.3 is 5.11 Å². The van der Waals surface area contributed by atoms with Crippen LogP contribution in [0.1, 0.15) is 19.8 Å². The van der Waals surface area contributed by atoms with Crippen molar-refractivity contribution in [2.45, 2.75) is 25.0 Å². The lowest BCUT2D eigenvalue weighted by Crippen LogP contribution is -2.50. The van der Waals surface area contributed by atoms with Gasteiger partial charge >= 0.3 is 5.97 Å². The Labute approximate surface area is 71.5 Å². The van der Waals surface area contributed by atoms with Crippen LogP contribution in [0.4, 0.5) is 0 Å². The van der Waals surface area contributed by atoms with Crippen LogP contribution in [0.2, 0.25) is 0 Å². The fourth-order valence-electron chi connectivity index (χ4n) is 1.50. The van der Waals surface area contributed by atoms with Crippen molar-refractivity contribution < 1.29 is 18.3 Å². The monoisotopic (exact) mass is 192 g/mol. The molecule has 0 bridgehead atoms. The van der Waals surface area contributed by atoms with Crippen LogP contribution in [0.5, 0.6) is 0 Å². The van der Waals surface area contributed by atoms with Crippen LogP contribution in [0.25, 0.3) is 0 Å². The number of carbonyl (C=O) groups is 1. The normalized spacial score (nSPS) is 32.4. The van der Waals surface area contributed by atoms with Gasteiger partial charge in [-0.05, 0) is 6.42 Å². The van der Waals surface area contributed by atoms with Crippen LogP contribution in [-0.2, 0) is 14.6 Å². The largest absolute Gasteiger partial charge is 0.481 e. The predicted molar refractivity (Wildman–Crippen MR) is 43.6 cm³/mol. The van der Waals surface area contributed by atoms with Crippen LogP contribution in [0.3, 0.4) is 0 Å². The van der Waals surface area contributed by atoms with Crippen molar-refractivity contribution in [3.63, 3.8) is 0 Å². The summed E-state index contributed by atoms with van der Waals surface area (Å²) in [4.78, 5) is 10.5. The van der Waals surface area contributed by atoms with Gasteiger partial charge in [-0.15, -0.1) is 0 Å². The van der Waals surface area contributed by atoms with Gasteiger partial charge in [0.05, 0.1) is 16.9 Å². The number of rotatable bonds is 3. The zero-order valence-corrected chi connectivity index (χ0v) is 7.67. The molecule has 1 rings (SSSR count). The summed E-state index contributed by atoms with van der Waals surface area (Å²) < 4.78 is 22.1. The molecule has 2 unspecified atom stereocenters. The molecule has 2 atom stereocenters. The quantitative estimate of drug-likeness (QED) is 0.697. The minimum absolute atomic E-state index is 0.174. The van der Waals surface area contributed by atoms with Crippen LogP contribution >= 0.6 is 0 Å². The molecule has 0 aromatic heterocycles. The van der Waals surface area contributed by atoms with Crippen molar-refractivity contribution in [3.8, 4) is 0 Å². The minimum Gasteiger partial charge on any atom is -0.481 e. The summed E-state index contributed by atoms with van der Waals surface area (Å²) in [5.74, 6) is -1.81. The molecule has 0 radical (unpaired) electrons. The molecule has 4 nitrogen and oxygen atoms in total. The summed E-state index contributed by atoms with van der Waals surface area (Å²) in [5, 5.41) is 7.97. The first-order valence-corrected chi connectivity index (χ1v) is 5.65. The smallest absolute Gasteiger partial charge is 0.308 e. The first-order chi connectivity index (χ1) is 5.49. The summed E-state index contributed by atoms with van der Waals surface area (Å²) in [7, 11) is -3.06. The number of carboxylic acid groups (broad SMARTS) is 1. The molecule has 1 fully saturated rings. The molecule has 1 aliphatic rings. The maximum atomic E-state index is 11.1. The van der Waals surface area contributed by atoms with E-state index < -0.39 is 27.0 Å². The van der Waals surface area contributed by atoms with Crippen LogP contribution in [0, 0.1) is 5.92 Å². The van der Waals surface area contributed by atoms with Crippen molar-refractivity contribution in [2.24, 2.45) is 5.92 Å². The lowest BCUT2D eigenvalue weighted by molar-refractivity contribution is -0.141. The Morgan fingerprint density at radius 1 is 1.58 bits per heavy atom. The van der Waals surface area contributed by atoms with Gasteiger partial charge in [0.15, 0.2) is 9.84 Å². The van der Waals surface area contributed by atoms with Gasteiger partial charge in [0.25, 0.3) is 0 Å². The van der Waals surface area contributed by atoms with E-state index in [4.69, 9.17) is 5.11 Å². The standard InChI is InChI=1S/C7H12O4S/c1-2-3-6-5(7(8)9)4-12(6,10)11/h5-6H,2-4H2,1H3,(H,8,9). The molecule has 1 N–H and O–H groups in total. The fraction of sp³-hybridized carbons (Fsp3) is 0.857. The zero-order chi connectivity index (χ0) is 9.35. The third-order valence-corrected chi connectivity index (χ3v) is 4.52. The summed E-state index contributed by atoms with van der Waals surface area (Å²) in [5.41, 5.74) is 0. The Morgan fingerprint density at radius 2 is 2.17 bits per heavy atom. The summed E-state index contributed by atoms with van der Waals surface area (Å²) in [6.45, 7) is 1.85. The highest BCUT2D eigenvalue weighted by atomic mass is 32.2. The topological polar surface area (TPSA) is 71.4 Å². The SMILES string of the molecule is CCCC1C(C(=O)O)CS1(=O)=O.